The monoisotopic (exact) mass is 218 g/mol. The van der Waals surface area contributed by atoms with Gasteiger partial charge in [-0.15, -0.1) is 0 Å². The van der Waals surface area contributed by atoms with Crippen molar-refractivity contribution >= 4 is 16.9 Å². The maximum atomic E-state index is 4.43. The summed E-state index contributed by atoms with van der Waals surface area (Å²) in [6, 6.07) is 2.01. The first-order valence-electron chi connectivity index (χ1n) is 5.72. The van der Waals surface area contributed by atoms with Crippen molar-refractivity contribution in [2.75, 3.05) is 11.9 Å². The second-order valence-corrected chi connectivity index (χ2v) is 4.47. The highest BCUT2D eigenvalue weighted by atomic mass is 15.0. The topological polar surface area (TPSA) is 53.6 Å². The first kappa shape index (κ1) is 10.9. The maximum Gasteiger partial charge on any atom is 0.143 e. The number of hydrogen-bond donors (Lipinski definition) is 2. The second-order valence-electron chi connectivity index (χ2n) is 4.47. The van der Waals surface area contributed by atoms with Crippen LogP contribution in [0.4, 0.5) is 5.82 Å². The number of nitrogens with zero attached hydrogens (tertiary/aromatic N) is 2. The fourth-order valence-electron chi connectivity index (χ4n) is 1.67. The molecule has 0 bridgehead atoms. The van der Waals surface area contributed by atoms with E-state index in [0.717, 1.165) is 35.6 Å². The lowest BCUT2D eigenvalue weighted by Crippen LogP contribution is -2.07. The minimum absolute atomic E-state index is 0.706. The molecular weight excluding hydrogens is 200 g/mol. The fraction of sp³-hybridized carbons (Fsp3) is 0.500. The summed E-state index contributed by atoms with van der Waals surface area (Å²) in [6.07, 6.45) is 3.04. The van der Waals surface area contributed by atoms with Gasteiger partial charge in [-0.1, -0.05) is 13.8 Å². The zero-order chi connectivity index (χ0) is 11.5. The van der Waals surface area contributed by atoms with Crippen molar-refractivity contribution in [3.05, 3.63) is 18.1 Å². The van der Waals surface area contributed by atoms with Crippen LogP contribution in [-0.4, -0.2) is 21.5 Å². The molecule has 0 aliphatic rings. The number of nitrogens with one attached hydrogen (secondary N) is 2. The average Bonchev–Trinajstić information content (AvgIpc) is 2.64. The van der Waals surface area contributed by atoms with E-state index in [-0.39, 0.29) is 0 Å². The molecule has 4 nitrogen and oxygen atoms in total. The van der Waals surface area contributed by atoms with Gasteiger partial charge in [-0.25, -0.2) is 9.97 Å². The van der Waals surface area contributed by atoms with Crippen molar-refractivity contribution in [2.45, 2.75) is 27.2 Å². The molecule has 0 atom stereocenters. The van der Waals surface area contributed by atoms with Crippen LogP contribution in [0.15, 0.2) is 12.3 Å². The lowest BCUT2D eigenvalue weighted by Gasteiger charge is -2.08. The first-order chi connectivity index (χ1) is 7.66. The third kappa shape index (κ3) is 2.32. The van der Waals surface area contributed by atoms with E-state index in [4.69, 9.17) is 0 Å². The van der Waals surface area contributed by atoms with Gasteiger partial charge in [-0.05, 0) is 25.3 Å². The lowest BCUT2D eigenvalue weighted by atomic mass is 10.1. The SMILES string of the molecule is Cc1nc(NCCC(C)C)c2cc[nH]c2n1. The van der Waals surface area contributed by atoms with Gasteiger partial charge in [0.15, 0.2) is 0 Å². The summed E-state index contributed by atoms with van der Waals surface area (Å²) >= 11 is 0. The van der Waals surface area contributed by atoms with E-state index in [0.29, 0.717) is 5.92 Å². The summed E-state index contributed by atoms with van der Waals surface area (Å²) in [7, 11) is 0. The molecule has 0 radical (unpaired) electrons. The number of aromatic nitrogens is 3. The summed E-state index contributed by atoms with van der Waals surface area (Å²) in [5.41, 5.74) is 0.902. The number of aromatic amines is 1. The van der Waals surface area contributed by atoms with Crippen molar-refractivity contribution in [1.29, 1.82) is 0 Å². The van der Waals surface area contributed by atoms with E-state index < -0.39 is 0 Å². The molecule has 0 unspecified atom stereocenters. The van der Waals surface area contributed by atoms with E-state index >= 15 is 0 Å². The quantitative estimate of drug-likeness (QED) is 0.829. The van der Waals surface area contributed by atoms with Gasteiger partial charge in [0.25, 0.3) is 0 Å². The highest BCUT2D eigenvalue weighted by Gasteiger charge is 2.05. The molecule has 0 aliphatic carbocycles. The minimum atomic E-state index is 0.706. The predicted octanol–water partition coefficient (Wildman–Crippen LogP) is 2.72. The zero-order valence-electron chi connectivity index (χ0n) is 10.0. The summed E-state index contributed by atoms with van der Waals surface area (Å²) in [4.78, 5) is 11.9. The van der Waals surface area contributed by atoms with Gasteiger partial charge < -0.3 is 10.3 Å². The Morgan fingerprint density at radius 1 is 1.38 bits per heavy atom. The van der Waals surface area contributed by atoms with Crippen LogP contribution in [0.1, 0.15) is 26.1 Å². The molecule has 16 heavy (non-hydrogen) atoms. The number of hydrogen-bond acceptors (Lipinski definition) is 3. The van der Waals surface area contributed by atoms with E-state index in [1.165, 1.54) is 0 Å². The molecule has 0 spiro atoms. The van der Waals surface area contributed by atoms with Crippen molar-refractivity contribution < 1.29 is 0 Å². The third-order valence-corrected chi connectivity index (χ3v) is 2.54. The van der Waals surface area contributed by atoms with Gasteiger partial charge in [0.05, 0.1) is 5.39 Å². The Morgan fingerprint density at radius 2 is 2.19 bits per heavy atom. The van der Waals surface area contributed by atoms with Crippen LogP contribution in [0.2, 0.25) is 0 Å². The number of anilines is 1. The van der Waals surface area contributed by atoms with E-state index in [1.807, 2.05) is 19.2 Å². The molecule has 0 fully saturated rings. The molecule has 0 aliphatic heterocycles. The van der Waals surface area contributed by atoms with Crippen LogP contribution in [0.25, 0.3) is 11.0 Å². The molecule has 2 heterocycles. The summed E-state index contributed by atoms with van der Waals surface area (Å²) in [5.74, 6) is 2.43. The second kappa shape index (κ2) is 4.51. The van der Waals surface area contributed by atoms with Gasteiger partial charge in [0.2, 0.25) is 0 Å². The first-order valence-corrected chi connectivity index (χ1v) is 5.72. The Labute approximate surface area is 95.5 Å². The normalized spacial score (nSPS) is 11.2. The molecule has 2 aromatic heterocycles. The largest absolute Gasteiger partial charge is 0.369 e. The average molecular weight is 218 g/mol. The summed E-state index contributed by atoms with van der Waals surface area (Å²) in [6.45, 7) is 7.31. The number of fused-ring (bicyclic) bond motifs is 1. The maximum absolute atomic E-state index is 4.43. The number of H-pyrrole nitrogens is 1. The zero-order valence-corrected chi connectivity index (χ0v) is 10.0. The lowest BCUT2D eigenvalue weighted by molar-refractivity contribution is 0.607. The minimum Gasteiger partial charge on any atom is -0.369 e. The van der Waals surface area contributed by atoms with Crippen LogP contribution in [0.5, 0.6) is 0 Å². The van der Waals surface area contributed by atoms with Gasteiger partial charge in [-0.2, -0.15) is 0 Å². The van der Waals surface area contributed by atoms with Crippen LogP contribution in [-0.2, 0) is 0 Å². The molecule has 0 saturated heterocycles. The number of aryl methyl sites for hydroxylation is 1. The molecule has 4 heteroatoms. The predicted molar refractivity (Wildman–Crippen MR) is 66.6 cm³/mol. The Balaban J connectivity index is 2.19. The van der Waals surface area contributed by atoms with Gasteiger partial charge in [-0.3, -0.25) is 0 Å². The van der Waals surface area contributed by atoms with Gasteiger partial charge in [0, 0.05) is 12.7 Å². The van der Waals surface area contributed by atoms with Gasteiger partial charge in [0.1, 0.15) is 17.3 Å². The molecular formula is C12H18N4. The molecule has 0 aromatic carbocycles. The Hall–Kier alpha value is -1.58. The molecule has 2 aromatic rings. The van der Waals surface area contributed by atoms with Gasteiger partial charge >= 0.3 is 0 Å². The molecule has 86 valence electrons. The van der Waals surface area contributed by atoms with E-state index in [1.54, 1.807) is 0 Å². The van der Waals surface area contributed by atoms with E-state index in [2.05, 4.69) is 34.1 Å². The smallest absolute Gasteiger partial charge is 0.143 e. The highest BCUT2D eigenvalue weighted by molar-refractivity contribution is 5.86. The Morgan fingerprint density at radius 3 is 2.94 bits per heavy atom. The Kier molecular flexibility index (Phi) is 3.08. The van der Waals surface area contributed by atoms with Crippen LogP contribution >= 0.6 is 0 Å². The molecule has 2 rings (SSSR count). The van der Waals surface area contributed by atoms with Crippen molar-refractivity contribution in [3.8, 4) is 0 Å². The highest BCUT2D eigenvalue weighted by Crippen LogP contribution is 2.19. The van der Waals surface area contributed by atoms with Crippen LogP contribution < -0.4 is 5.32 Å². The molecule has 2 N–H and O–H groups in total. The van der Waals surface area contributed by atoms with E-state index in [9.17, 15) is 0 Å². The summed E-state index contributed by atoms with van der Waals surface area (Å²) < 4.78 is 0. The molecule has 0 saturated carbocycles. The standard InChI is InChI=1S/C12H18N4/c1-8(2)4-6-13-11-10-5-7-14-12(10)16-9(3)15-11/h5,7-8H,4,6H2,1-3H3,(H2,13,14,15,16). The van der Waals surface area contributed by atoms with Crippen LogP contribution in [0, 0.1) is 12.8 Å². The van der Waals surface area contributed by atoms with Crippen molar-refractivity contribution in [2.24, 2.45) is 5.92 Å². The van der Waals surface area contributed by atoms with Crippen molar-refractivity contribution in [1.82, 2.24) is 15.0 Å². The Bertz CT molecular complexity index is 473. The van der Waals surface area contributed by atoms with Crippen molar-refractivity contribution in [3.63, 3.8) is 0 Å². The molecule has 0 amide bonds. The summed E-state index contributed by atoms with van der Waals surface area (Å²) in [5, 5.41) is 4.44. The third-order valence-electron chi connectivity index (χ3n) is 2.54. The van der Waals surface area contributed by atoms with Crippen LogP contribution in [0.3, 0.4) is 0 Å². The fourth-order valence-corrected chi connectivity index (χ4v) is 1.67. The number of rotatable bonds is 4.